The van der Waals surface area contributed by atoms with Gasteiger partial charge < -0.3 is 4.74 Å². The van der Waals surface area contributed by atoms with E-state index in [4.69, 9.17) is 4.74 Å². The number of ether oxygens (including phenoxy) is 1. The van der Waals surface area contributed by atoms with E-state index in [9.17, 15) is 14.9 Å². The summed E-state index contributed by atoms with van der Waals surface area (Å²) in [7, 11) is 0. The summed E-state index contributed by atoms with van der Waals surface area (Å²) >= 11 is 3.21. The second-order valence-corrected chi connectivity index (χ2v) is 4.96. The molecule has 0 aliphatic heterocycles. The van der Waals surface area contributed by atoms with Crippen molar-refractivity contribution in [1.29, 1.82) is 0 Å². The van der Waals surface area contributed by atoms with Crippen molar-refractivity contribution >= 4 is 33.4 Å². The Morgan fingerprint density at radius 1 is 1.24 bits per heavy atom. The van der Waals surface area contributed by atoms with Gasteiger partial charge in [-0.15, -0.1) is 0 Å². The van der Waals surface area contributed by atoms with Crippen LogP contribution in [0.3, 0.4) is 0 Å². The van der Waals surface area contributed by atoms with E-state index in [0.717, 1.165) is 5.56 Å². The Morgan fingerprint density at radius 2 is 1.95 bits per heavy atom. The summed E-state index contributed by atoms with van der Waals surface area (Å²) in [5, 5.41) is 13.2. The summed E-state index contributed by atoms with van der Waals surface area (Å²) in [5.41, 5.74) is 1.02. The van der Waals surface area contributed by atoms with Crippen LogP contribution >= 0.6 is 15.9 Å². The van der Waals surface area contributed by atoms with Gasteiger partial charge in [-0.3, -0.25) is 15.4 Å². The molecule has 2 aromatic carbocycles. The third-order valence-electron chi connectivity index (χ3n) is 2.61. The monoisotopic (exact) mass is 350 g/mol. The molecule has 0 aromatic heterocycles. The Morgan fingerprint density at radius 3 is 2.62 bits per heavy atom. The lowest BCUT2D eigenvalue weighted by molar-refractivity contribution is -0.384. The predicted molar refractivity (Wildman–Crippen MR) is 81.0 cm³/mol. The van der Waals surface area contributed by atoms with Crippen molar-refractivity contribution in [3.63, 3.8) is 0 Å². The molecule has 2 aromatic rings. The minimum Gasteiger partial charge on any atom is -0.444 e. The van der Waals surface area contributed by atoms with Gasteiger partial charge in [0.15, 0.2) is 0 Å². The summed E-state index contributed by atoms with van der Waals surface area (Å²) in [4.78, 5) is 21.9. The molecule has 0 bridgehead atoms. The zero-order valence-corrected chi connectivity index (χ0v) is 12.4. The van der Waals surface area contributed by atoms with E-state index in [1.54, 1.807) is 0 Å². The average Bonchev–Trinajstić information content (AvgIpc) is 2.48. The van der Waals surface area contributed by atoms with Gasteiger partial charge in [-0.2, -0.15) is 0 Å². The molecule has 0 unspecified atom stereocenters. The van der Waals surface area contributed by atoms with E-state index in [1.807, 2.05) is 30.3 Å². The van der Waals surface area contributed by atoms with Gasteiger partial charge in [0, 0.05) is 16.6 Å². The van der Waals surface area contributed by atoms with Crippen LogP contribution in [0.25, 0.3) is 0 Å². The van der Waals surface area contributed by atoms with E-state index in [1.165, 1.54) is 18.2 Å². The van der Waals surface area contributed by atoms with Crippen LogP contribution < -0.4 is 5.32 Å². The second-order valence-electron chi connectivity index (χ2n) is 4.11. The van der Waals surface area contributed by atoms with Crippen molar-refractivity contribution in [3.8, 4) is 0 Å². The summed E-state index contributed by atoms with van der Waals surface area (Å²) in [6, 6.07) is 13.3. The third kappa shape index (κ3) is 4.28. The Kier molecular flexibility index (Phi) is 4.89. The SMILES string of the molecule is O=C(Nc1cc([N+](=O)[O-])ccc1Br)OCc1ccccc1. The van der Waals surface area contributed by atoms with Gasteiger partial charge >= 0.3 is 6.09 Å². The molecule has 0 aliphatic carbocycles. The molecule has 0 spiro atoms. The van der Waals surface area contributed by atoms with E-state index < -0.39 is 11.0 Å². The number of amides is 1. The number of rotatable bonds is 4. The highest BCUT2D eigenvalue weighted by atomic mass is 79.9. The summed E-state index contributed by atoms with van der Waals surface area (Å²) in [6.45, 7) is 0.124. The van der Waals surface area contributed by atoms with Crippen molar-refractivity contribution in [2.24, 2.45) is 0 Å². The zero-order valence-electron chi connectivity index (χ0n) is 10.8. The molecule has 0 saturated heterocycles. The van der Waals surface area contributed by atoms with Crippen LogP contribution in [0.4, 0.5) is 16.2 Å². The molecule has 0 fully saturated rings. The summed E-state index contributed by atoms with van der Waals surface area (Å²) in [6.07, 6.45) is -0.681. The Balaban J connectivity index is 1.99. The van der Waals surface area contributed by atoms with Crippen LogP contribution in [0, 0.1) is 10.1 Å². The molecule has 108 valence electrons. The van der Waals surface area contributed by atoms with Crippen molar-refractivity contribution in [2.75, 3.05) is 5.32 Å². The fraction of sp³-hybridized carbons (Fsp3) is 0.0714. The van der Waals surface area contributed by atoms with Crippen LogP contribution in [0.2, 0.25) is 0 Å². The maximum Gasteiger partial charge on any atom is 0.411 e. The summed E-state index contributed by atoms with van der Waals surface area (Å²) < 4.78 is 5.58. The van der Waals surface area contributed by atoms with Gasteiger partial charge in [0.25, 0.3) is 5.69 Å². The fourth-order valence-corrected chi connectivity index (χ4v) is 1.94. The molecular formula is C14H11BrN2O4. The zero-order chi connectivity index (χ0) is 15.2. The van der Waals surface area contributed by atoms with Crippen molar-refractivity contribution in [3.05, 3.63) is 68.7 Å². The molecule has 0 aliphatic rings. The number of carbonyl (C=O) groups excluding carboxylic acids is 1. The van der Waals surface area contributed by atoms with E-state index >= 15 is 0 Å². The van der Waals surface area contributed by atoms with E-state index in [2.05, 4.69) is 21.2 Å². The van der Waals surface area contributed by atoms with Crippen LogP contribution in [-0.4, -0.2) is 11.0 Å². The fourth-order valence-electron chi connectivity index (χ4n) is 1.59. The first kappa shape index (κ1) is 15.0. The number of nitrogens with zero attached hydrogens (tertiary/aromatic N) is 1. The number of hydrogen-bond acceptors (Lipinski definition) is 4. The van der Waals surface area contributed by atoms with Crippen molar-refractivity contribution in [2.45, 2.75) is 6.61 Å². The number of non-ortho nitro benzene ring substituents is 1. The molecule has 1 N–H and O–H groups in total. The first-order valence-corrected chi connectivity index (χ1v) is 6.77. The molecule has 2 rings (SSSR count). The number of nitro groups is 1. The van der Waals surface area contributed by atoms with Gasteiger partial charge in [-0.25, -0.2) is 4.79 Å². The lowest BCUT2D eigenvalue weighted by atomic mass is 10.2. The third-order valence-corrected chi connectivity index (χ3v) is 3.30. The molecule has 6 nitrogen and oxygen atoms in total. The Hall–Kier alpha value is -2.41. The first-order valence-electron chi connectivity index (χ1n) is 5.98. The Labute approximate surface area is 129 Å². The highest BCUT2D eigenvalue weighted by Gasteiger charge is 2.12. The standard InChI is InChI=1S/C14H11BrN2O4/c15-12-7-6-11(17(19)20)8-13(12)16-14(18)21-9-10-4-2-1-3-5-10/h1-8H,9H2,(H,16,18). The highest BCUT2D eigenvalue weighted by Crippen LogP contribution is 2.27. The van der Waals surface area contributed by atoms with Crippen molar-refractivity contribution in [1.82, 2.24) is 0 Å². The molecule has 0 saturated carbocycles. The largest absolute Gasteiger partial charge is 0.444 e. The summed E-state index contributed by atoms with van der Waals surface area (Å²) in [5.74, 6) is 0. The minimum absolute atomic E-state index is 0.114. The van der Waals surface area contributed by atoms with Crippen LogP contribution in [0.15, 0.2) is 53.0 Å². The van der Waals surface area contributed by atoms with Gasteiger partial charge in [-0.05, 0) is 27.6 Å². The van der Waals surface area contributed by atoms with Crippen LogP contribution in [0.5, 0.6) is 0 Å². The molecular weight excluding hydrogens is 340 g/mol. The maximum absolute atomic E-state index is 11.7. The normalized spacial score (nSPS) is 9.95. The number of hydrogen-bond donors (Lipinski definition) is 1. The van der Waals surface area contributed by atoms with Gasteiger partial charge in [0.2, 0.25) is 0 Å². The number of carbonyl (C=O) groups is 1. The topological polar surface area (TPSA) is 81.5 Å². The average molecular weight is 351 g/mol. The number of nitrogens with one attached hydrogen (secondary N) is 1. The lowest BCUT2D eigenvalue weighted by Gasteiger charge is -2.08. The van der Waals surface area contributed by atoms with Gasteiger partial charge in [-0.1, -0.05) is 30.3 Å². The maximum atomic E-state index is 11.7. The van der Waals surface area contributed by atoms with Gasteiger partial charge in [0.05, 0.1) is 10.6 Å². The number of nitro benzene ring substituents is 1. The predicted octanol–water partition coefficient (Wildman–Crippen LogP) is 4.11. The first-order chi connectivity index (χ1) is 10.1. The highest BCUT2D eigenvalue weighted by molar-refractivity contribution is 9.10. The Bertz CT molecular complexity index is 661. The number of benzene rings is 2. The lowest BCUT2D eigenvalue weighted by Crippen LogP contribution is -2.14. The molecule has 1 amide bonds. The van der Waals surface area contributed by atoms with E-state index in [-0.39, 0.29) is 18.0 Å². The minimum atomic E-state index is -0.681. The second kappa shape index (κ2) is 6.85. The van der Waals surface area contributed by atoms with Gasteiger partial charge in [0.1, 0.15) is 6.61 Å². The smallest absolute Gasteiger partial charge is 0.411 e. The molecule has 0 radical (unpaired) electrons. The van der Waals surface area contributed by atoms with Crippen molar-refractivity contribution < 1.29 is 14.5 Å². The number of anilines is 1. The number of halogens is 1. The molecule has 0 heterocycles. The molecule has 7 heteroatoms. The van der Waals surface area contributed by atoms with Crippen LogP contribution in [0.1, 0.15) is 5.56 Å². The molecule has 0 atom stereocenters. The molecule has 21 heavy (non-hydrogen) atoms. The van der Waals surface area contributed by atoms with E-state index in [0.29, 0.717) is 4.47 Å². The quantitative estimate of drug-likeness (QED) is 0.664. The van der Waals surface area contributed by atoms with Crippen LogP contribution in [-0.2, 0) is 11.3 Å².